The molecule has 1 amide bonds. The maximum absolute atomic E-state index is 11.3. The van der Waals surface area contributed by atoms with E-state index < -0.39 is 0 Å². The summed E-state index contributed by atoms with van der Waals surface area (Å²) in [6, 6.07) is 7.46. The molecular weight excluding hydrogens is 232 g/mol. The normalized spacial score (nSPS) is 13.9. The van der Waals surface area contributed by atoms with E-state index in [1.165, 1.54) is 0 Å². The average molecular weight is 244 g/mol. The number of amides is 1. The molecule has 0 saturated heterocycles. The molecule has 0 fully saturated rings. The van der Waals surface area contributed by atoms with Crippen LogP contribution in [0.1, 0.15) is 17.7 Å². The minimum absolute atomic E-state index is 0.0508. The molecule has 0 bridgehead atoms. The number of rotatable bonds is 3. The van der Waals surface area contributed by atoms with Crippen molar-refractivity contribution in [2.75, 3.05) is 5.32 Å². The van der Waals surface area contributed by atoms with Crippen molar-refractivity contribution in [3.63, 3.8) is 0 Å². The molecular formula is C13H12N2O3. The summed E-state index contributed by atoms with van der Waals surface area (Å²) in [5.41, 5.74) is 1.97. The molecule has 2 aromatic rings. The first-order valence-corrected chi connectivity index (χ1v) is 5.76. The maximum Gasteiger partial charge on any atom is 0.224 e. The SMILES string of the molecule is O=C1CCc2ccc(OCc3ccno3)cc2N1. The third-order valence-electron chi connectivity index (χ3n) is 2.85. The molecule has 5 nitrogen and oxygen atoms in total. The van der Waals surface area contributed by atoms with Gasteiger partial charge in [-0.05, 0) is 18.1 Å². The minimum atomic E-state index is 0.0508. The summed E-state index contributed by atoms with van der Waals surface area (Å²) in [6.07, 6.45) is 2.90. The van der Waals surface area contributed by atoms with Gasteiger partial charge in [-0.3, -0.25) is 4.79 Å². The average Bonchev–Trinajstić information content (AvgIpc) is 2.89. The van der Waals surface area contributed by atoms with Crippen LogP contribution in [0.2, 0.25) is 0 Å². The molecule has 92 valence electrons. The van der Waals surface area contributed by atoms with Gasteiger partial charge in [-0.25, -0.2) is 0 Å². The van der Waals surface area contributed by atoms with Gasteiger partial charge in [-0.15, -0.1) is 0 Å². The molecule has 0 unspecified atom stereocenters. The van der Waals surface area contributed by atoms with Crippen molar-refractivity contribution >= 4 is 11.6 Å². The lowest BCUT2D eigenvalue weighted by molar-refractivity contribution is -0.116. The first-order valence-electron chi connectivity index (χ1n) is 5.76. The number of fused-ring (bicyclic) bond motifs is 1. The zero-order valence-electron chi connectivity index (χ0n) is 9.68. The van der Waals surface area contributed by atoms with E-state index in [9.17, 15) is 4.79 Å². The van der Waals surface area contributed by atoms with Crippen LogP contribution in [-0.4, -0.2) is 11.1 Å². The molecule has 1 aromatic carbocycles. The number of aryl methyl sites for hydroxylation is 1. The molecule has 1 aliphatic heterocycles. The summed E-state index contributed by atoms with van der Waals surface area (Å²) in [5, 5.41) is 6.44. The first-order chi connectivity index (χ1) is 8.81. The van der Waals surface area contributed by atoms with Gasteiger partial charge >= 0.3 is 0 Å². The fourth-order valence-corrected chi connectivity index (χ4v) is 1.91. The number of carbonyl (C=O) groups excluding carboxylic acids is 1. The molecule has 18 heavy (non-hydrogen) atoms. The second-order valence-electron chi connectivity index (χ2n) is 4.13. The highest BCUT2D eigenvalue weighted by Gasteiger charge is 2.15. The Morgan fingerprint density at radius 3 is 3.11 bits per heavy atom. The number of nitrogens with zero attached hydrogens (tertiary/aromatic N) is 1. The van der Waals surface area contributed by atoms with E-state index in [-0.39, 0.29) is 5.91 Å². The van der Waals surface area contributed by atoms with Crippen molar-refractivity contribution in [3.8, 4) is 5.75 Å². The van der Waals surface area contributed by atoms with Crippen LogP contribution < -0.4 is 10.1 Å². The predicted molar refractivity (Wildman–Crippen MR) is 64.2 cm³/mol. The van der Waals surface area contributed by atoms with Crippen molar-refractivity contribution in [1.82, 2.24) is 5.16 Å². The fourth-order valence-electron chi connectivity index (χ4n) is 1.91. The summed E-state index contributed by atoms with van der Waals surface area (Å²) in [7, 11) is 0. The number of ether oxygens (including phenoxy) is 1. The zero-order valence-corrected chi connectivity index (χ0v) is 9.68. The Hall–Kier alpha value is -2.30. The van der Waals surface area contributed by atoms with Gasteiger partial charge in [0.15, 0.2) is 5.76 Å². The van der Waals surface area contributed by atoms with E-state index in [2.05, 4.69) is 10.5 Å². The van der Waals surface area contributed by atoms with Gasteiger partial charge in [0.25, 0.3) is 0 Å². The van der Waals surface area contributed by atoms with Gasteiger partial charge in [0.1, 0.15) is 12.4 Å². The second kappa shape index (κ2) is 4.52. The minimum Gasteiger partial charge on any atom is -0.485 e. The summed E-state index contributed by atoms with van der Waals surface area (Å²) >= 11 is 0. The fraction of sp³-hybridized carbons (Fsp3) is 0.231. The van der Waals surface area contributed by atoms with Gasteiger partial charge in [0, 0.05) is 24.2 Å². The summed E-state index contributed by atoms with van der Waals surface area (Å²) in [5.74, 6) is 1.42. The van der Waals surface area contributed by atoms with E-state index in [1.54, 1.807) is 12.3 Å². The third-order valence-corrected chi connectivity index (χ3v) is 2.85. The van der Waals surface area contributed by atoms with Crippen molar-refractivity contribution in [3.05, 3.63) is 41.8 Å². The molecule has 3 rings (SSSR count). The quantitative estimate of drug-likeness (QED) is 0.898. The number of hydrogen-bond acceptors (Lipinski definition) is 4. The van der Waals surface area contributed by atoms with Gasteiger partial charge < -0.3 is 14.6 Å². The highest BCUT2D eigenvalue weighted by Crippen LogP contribution is 2.27. The monoisotopic (exact) mass is 244 g/mol. The number of aromatic nitrogens is 1. The molecule has 1 aliphatic rings. The standard InChI is InChI=1S/C13H12N2O3/c16-13-4-2-9-1-3-10(7-12(9)15-13)17-8-11-5-6-14-18-11/h1,3,5-7H,2,4,8H2,(H,15,16). The van der Waals surface area contributed by atoms with Crippen LogP contribution in [0.4, 0.5) is 5.69 Å². The van der Waals surface area contributed by atoms with Crippen LogP contribution >= 0.6 is 0 Å². The molecule has 1 N–H and O–H groups in total. The lowest BCUT2D eigenvalue weighted by atomic mass is 10.0. The van der Waals surface area contributed by atoms with E-state index in [1.807, 2.05) is 18.2 Å². The number of nitrogens with one attached hydrogen (secondary N) is 1. The Morgan fingerprint density at radius 2 is 2.28 bits per heavy atom. The summed E-state index contributed by atoms with van der Waals surface area (Å²) in [6.45, 7) is 0.326. The largest absolute Gasteiger partial charge is 0.485 e. The molecule has 0 spiro atoms. The molecule has 0 saturated carbocycles. The highest BCUT2D eigenvalue weighted by atomic mass is 16.5. The Labute approximate surface area is 104 Å². The Kier molecular flexibility index (Phi) is 2.72. The Balaban J connectivity index is 1.73. The van der Waals surface area contributed by atoms with Crippen molar-refractivity contribution in [1.29, 1.82) is 0 Å². The molecule has 2 heterocycles. The topological polar surface area (TPSA) is 64.4 Å². The van der Waals surface area contributed by atoms with Crippen LogP contribution in [0.25, 0.3) is 0 Å². The highest BCUT2D eigenvalue weighted by molar-refractivity contribution is 5.94. The van der Waals surface area contributed by atoms with Crippen LogP contribution in [0.3, 0.4) is 0 Å². The van der Waals surface area contributed by atoms with Gasteiger partial charge in [0.05, 0.1) is 6.20 Å². The van der Waals surface area contributed by atoms with Crippen LogP contribution in [-0.2, 0) is 17.8 Å². The van der Waals surface area contributed by atoms with Crippen LogP contribution in [0, 0.1) is 0 Å². The van der Waals surface area contributed by atoms with E-state index in [4.69, 9.17) is 9.26 Å². The lowest BCUT2D eigenvalue weighted by Crippen LogP contribution is -2.18. The van der Waals surface area contributed by atoms with E-state index in [0.29, 0.717) is 24.5 Å². The summed E-state index contributed by atoms with van der Waals surface area (Å²) in [4.78, 5) is 11.3. The second-order valence-corrected chi connectivity index (χ2v) is 4.13. The zero-order chi connectivity index (χ0) is 12.4. The van der Waals surface area contributed by atoms with Crippen molar-refractivity contribution in [2.45, 2.75) is 19.4 Å². The summed E-state index contributed by atoms with van der Waals surface area (Å²) < 4.78 is 10.5. The lowest BCUT2D eigenvalue weighted by Gasteiger charge is -2.17. The predicted octanol–water partition coefficient (Wildman–Crippen LogP) is 2.14. The van der Waals surface area contributed by atoms with Gasteiger partial charge in [0.2, 0.25) is 5.91 Å². The Bertz CT molecular complexity index is 564. The number of hydrogen-bond donors (Lipinski definition) is 1. The molecule has 0 aliphatic carbocycles. The van der Waals surface area contributed by atoms with Crippen molar-refractivity contribution in [2.24, 2.45) is 0 Å². The Morgan fingerprint density at radius 1 is 1.33 bits per heavy atom. The van der Waals surface area contributed by atoms with Gasteiger partial charge in [-0.1, -0.05) is 11.2 Å². The van der Waals surface area contributed by atoms with E-state index in [0.717, 1.165) is 17.7 Å². The smallest absolute Gasteiger partial charge is 0.224 e. The van der Waals surface area contributed by atoms with Crippen molar-refractivity contribution < 1.29 is 14.1 Å². The van der Waals surface area contributed by atoms with Crippen LogP contribution in [0.5, 0.6) is 5.75 Å². The van der Waals surface area contributed by atoms with E-state index >= 15 is 0 Å². The molecule has 0 atom stereocenters. The third kappa shape index (κ3) is 2.20. The first kappa shape index (κ1) is 10.8. The molecule has 5 heteroatoms. The number of anilines is 1. The molecule has 0 radical (unpaired) electrons. The van der Waals surface area contributed by atoms with Crippen LogP contribution in [0.15, 0.2) is 35.0 Å². The molecule has 1 aromatic heterocycles. The van der Waals surface area contributed by atoms with Gasteiger partial charge in [-0.2, -0.15) is 0 Å². The number of carbonyl (C=O) groups is 1. The maximum atomic E-state index is 11.3. The number of benzene rings is 1.